The number of halogens is 1. The molecule has 0 atom stereocenters. The molecule has 0 spiro atoms. The van der Waals surface area contributed by atoms with Gasteiger partial charge >= 0.3 is 0 Å². The number of rotatable bonds is 4. The van der Waals surface area contributed by atoms with E-state index in [9.17, 15) is 14.3 Å². The molecule has 0 radical (unpaired) electrons. The van der Waals surface area contributed by atoms with Crippen LogP contribution in [0.25, 0.3) is 0 Å². The molecular weight excluding hydrogens is 221 g/mol. The summed E-state index contributed by atoms with van der Waals surface area (Å²) in [6.45, 7) is 2.65. The van der Waals surface area contributed by atoms with E-state index >= 15 is 0 Å². The molecule has 3 nitrogen and oxygen atoms in total. The highest BCUT2D eigenvalue weighted by atomic mass is 19.1. The number of hydrogen-bond donors (Lipinski definition) is 1. The first-order valence-corrected chi connectivity index (χ1v) is 5.93. The Balaban J connectivity index is 2.24. The normalized spacial score (nSPS) is 14.7. The van der Waals surface area contributed by atoms with Crippen LogP contribution in [0.2, 0.25) is 0 Å². The molecule has 0 unspecified atom stereocenters. The average molecular weight is 237 g/mol. The third-order valence-electron chi connectivity index (χ3n) is 2.90. The van der Waals surface area contributed by atoms with Crippen LogP contribution in [0.15, 0.2) is 18.2 Å². The lowest BCUT2D eigenvalue weighted by Crippen LogP contribution is -2.33. The molecule has 0 aliphatic heterocycles. The molecule has 2 rings (SSSR count). The van der Waals surface area contributed by atoms with E-state index in [0.29, 0.717) is 6.54 Å². The van der Waals surface area contributed by atoms with Gasteiger partial charge in [0.25, 0.3) is 5.91 Å². The molecule has 1 N–H and O–H groups in total. The Labute approximate surface area is 99.9 Å². The molecule has 0 bridgehead atoms. The predicted octanol–water partition coefficient (Wildman–Crippen LogP) is 2.55. The first-order valence-electron chi connectivity index (χ1n) is 5.93. The molecule has 17 heavy (non-hydrogen) atoms. The first-order chi connectivity index (χ1) is 8.13. The highest BCUT2D eigenvalue weighted by molar-refractivity contribution is 5.97. The quantitative estimate of drug-likeness (QED) is 0.874. The monoisotopic (exact) mass is 237 g/mol. The van der Waals surface area contributed by atoms with Crippen molar-refractivity contribution < 1.29 is 14.3 Å². The van der Waals surface area contributed by atoms with Crippen LogP contribution >= 0.6 is 0 Å². The second-order valence-electron chi connectivity index (χ2n) is 4.39. The Hall–Kier alpha value is -1.58. The summed E-state index contributed by atoms with van der Waals surface area (Å²) in [6.07, 6.45) is 2.86. The third-order valence-corrected chi connectivity index (χ3v) is 2.90. The van der Waals surface area contributed by atoms with Gasteiger partial charge in [0.2, 0.25) is 0 Å². The molecule has 1 amide bonds. The minimum atomic E-state index is -0.501. The van der Waals surface area contributed by atoms with Gasteiger partial charge in [-0.3, -0.25) is 4.79 Å². The van der Waals surface area contributed by atoms with Crippen LogP contribution in [-0.4, -0.2) is 28.5 Å². The summed E-state index contributed by atoms with van der Waals surface area (Å²) < 4.78 is 13.1. The zero-order valence-electron chi connectivity index (χ0n) is 9.82. The molecule has 0 saturated heterocycles. The van der Waals surface area contributed by atoms with Crippen LogP contribution in [0.1, 0.15) is 36.5 Å². The molecular formula is C13H16FNO2. The Bertz CT molecular complexity index is 429. The smallest absolute Gasteiger partial charge is 0.257 e. The standard InChI is InChI=1S/C13H16FNO2/c1-2-7-15(10-4-5-10)13(17)11-8-9(14)3-6-12(11)16/h3,6,8,10,16H,2,4-5,7H2,1H3. The van der Waals surface area contributed by atoms with E-state index in [2.05, 4.69) is 0 Å². The molecule has 92 valence electrons. The van der Waals surface area contributed by atoms with Gasteiger partial charge in [0, 0.05) is 12.6 Å². The summed E-state index contributed by atoms with van der Waals surface area (Å²) in [5, 5.41) is 9.61. The van der Waals surface area contributed by atoms with Gasteiger partial charge in [0.05, 0.1) is 5.56 Å². The summed E-state index contributed by atoms with van der Waals surface area (Å²) in [4.78, 5) is 13.9. The minimum Gasteiger partial charge on any atom is -0.507 e. The van der Waals surface area contributed by atoms with Gasteiger partial charge in [-0.05, 0) is 37.5 Å². The third kappa shape index (κ3) is 2.57. The summed E-state index contributed by atoms with van der Waals surface area (Å²) in [7, 11) is 0. The van der Waals surface area contributed by atoms with Crippen LogP contribution in [0.3, 0.4) is 0 Å². The maximum atomic E-state index is 13.1. The van der Waals surface area contributed by atoms with Gasteiger partial charge in [0.15, 0.2) is 0 Å². The average Bonchev–Trinajstić information content (AvgIpc) is 3.12. The van der Waals surface area contributed by atoms with E-state index in [0.717, 1.165) is 31.4 Å². The molecule has 1 saturated carbocycles. The Morgan fingerprint density at radius 1 is 1.53 bits per heavy atom. The van der Waals surface area contributed by atoms with Gasteiger partial charge in [-0.15, -0.1) is 0 Å². The number of hydrogen-bond acceptors (Lipinski definition) is 2. The second kappa shape index (κ2) is 4.73. The number of phenols is 1. The molecule has 4 heteroatoms. The van der Waals surface area contributed by atoms with E-state index in [1.165, 1.54) is 6.07 Å². The molecule has 1 aromatic rings. The largest absolute Gasteiger partial charge is 0.507 e. The zero-order chi connectivity index (χ0) is 12.4. The first kappa shape index (κ1) is 11.9. The number of carbonyl (C=O) groups excluding carboxylic acids is 1. The number of carbonyl (C=O) groups is 1. The van der Waals surface area contributed by atoms with Crippen molar-refractivity contribution in [3.63, 3.8) is 0 Å². The Morgan fingerprint density at radius 2 is 2.24 bits per heavy atom. The second-order valence-corrected chi connectivity index (χ2v) is 4.39. The number of aromatic hydroxyl groups is 1. The van der Waals surface area contributed by atoms with Crippen LogP contribution in [0.4, 0.5) is 4.39 Å². The predicted molar refractivity (Wildman–Crippen MR) is 62.4 cm³/mol. The number of phenolic OH excluding ortho intramolecular Hbond substituents is 1. The van der Waals surface area contributed by atoms with E-state index < -0.39 is 5.82 Å². The summed E-state index contributed by atoms with van der Waals surface area (Å²) >= 11 is 0. The zero-order valence-corrected chi connectivity index (χ0v) is 9.82. The van der Waals surface area contributed by atoms with Crippen molar-refractivity contribution >= 4 is 5.91 Å². The number of amides is 1. The van der Waals surface area contributed by atoms with Crippen molar-refractivity contribution in [1.82, 2.24) is 4.90 Å². The summed E-state index contributed by atoms with van der Waals surface area (Å²) in [5.41, 5.74) is 0.0605. The fourth-order valence-corrected chi connectivity index (χ4v) is 1.91. The van der Waals surface area contributed by atoms with Gasteiger partial charge in [-0.1, -0.05) is 6.92 Å². The van der Waals surface area contributed by atoms with Gasteiger partial charge in [0.1, 0.15) is 11.6 Å². The van der Waals surface area contributed by atoms with Crippen LogP contribution < -0.4 is 0 Å². The van der Waals surface area contributed by atoms with Crippen molar-refractivity contribution in [3.8, 4) is 5.75 Å². The molecule has 0 heterocycles. The van der Waals surface area contributed by atoms with Crippen molar-refractivity contribution in [1.29, 1.82) is 0 Å². The SMILES string of the molecule is CCCN(C(=O)c1cc(F)ccc1O)C1CC1. The number of benzene rings is 1. The van der Waals surface area contributed by atoms with E-state index in [-0.39, 0.29) is 23.3 Å². The van der Waals surface area contributed by atoms with E-state index in [1.54, 1.807) is 4.90 Å². The minimum absolute atomic E-state index is 0.0605. The molecule has 1 aliphatic carbocycles. The van der Waals surface area contributed by atoms with Gasteiger partial charge in [-0.25, -0.2) is 4.39 Å². The van der Waals surface area contributed by atoms with Crippen LogP contribution in [-0.2, 0) is 0 Å². The van der Waals surface area contributed by atoms with Gasteiger partial charge < -0.3 is 10.0 Å². The Kier molecular flexibility index (Phi) is 3.31. The highest BCUT2D eigenvalue weighted by Gasteiger charge is 2.33. The van der Waals surface area contributed by atoms with Crippen LogP contribution in [0.5, 0.6) is 5.75 Å². The maximum absolute atomic E-state index is 13.1. The van der Waals surface area contributed by atoms with Crippen molar-refractivity contribution in [2.24, 2.45) is 0 Å². The van der Waals surface area contributed by atoms with Crippen molar-refractivity contribution in [2.75, 3.05) is 6.54 Å². The lowest BCUT2D eigenvalue weighted by Gasteiger charge is -2.22. The van der Waals surface area contributed by atoms with Gasteiger partial charge in [-0.2, -0.15) is 0 Å². The summed E-state index contributed by atoms with van der Waals surface area (Å²) in [6, 6.07) is 3.74. The fourth-order valence-electron chi connectivity index (χ4n) is 1.91. The van der Waals surface area contributed by atoms with Crippen molar-refractivity contribution in [3.05, 3.63) is 29.6 Å². The Morgan fingerprint density at radius 3 is 2.82 bits per heavy atom. The molecule has 1 fully saturated rings. The molecule has 0 aromatic heterocycles. The highest BCUT2D eigenvalue weighted by Crippen LogP contribution is 2.30. The summed E-state index contributed by atoms with van der Waals surface area (Å²) in [5.74, 6) is -0.928. The lowest BCUT2D eigenvalue weighted by molar-refractivity contribution is 0.0739. The van der Waals surface area contributed by atoms with E-state index in [1.807, 2.05) is 6.92 Å². The lowest BCUT2D eigenvalue weighted by atomic mass is 10.1. The fraction of sp³-hybridized carbons (Fsp3) is 0.462. The van der Waals surface area contributed by atoms with Crippen LogP contribution in [0, 0.1) is 5.82 Å². The molecule has 1 aliphatic rings. The number of nitrogens with zero attached hydrogens (tertiary/aromatic N) is 1. The molecule has 1 aromatic carbocycles. The topological polar surface area (TPSA) is 40.5 Å². The van der Waals surface area contributed by atoms with Crippen molar-refractivity contribution in [2.45, 2.75) is 32.2 Å². The van der Waals surface area contributed by atoms with E-state index in [4.69, 9.17) is 0 Å². The maximum Gasteiger partial charge on any atom is 0.257 e.